The summed E-state index contributed by atoms with van der Waals surface area (Å²) in [5, 5.41) is 21.9. The van der Waals surface area contributed by atoms with Crippen LogP contribution in [0.4, 0.5) is 0 Å². The number of benzene rings is 2. The lowest BCUT2D eigenvalue weighted by molar-refractivity contribution is -0.182. The van der Waals surface area contributed by atoms with Gasteiger partial charge in [-0.05, 0) is 24.5 Å². The average Bonchev–Trinajstić information content (AvgIpc) is 3.49. The van der Waals surface area contributed by atoms with Gasteiger partial charge in [0.1, 0.15) is 22.1 Å². The number of nitrogens with two attached hydrogens (primary N) is 1. The third-order valence-electron chi connectivity index (χ3n) is 7.43. The summed E-state index contributed by atoms with van der Waals surface area (Å²) in [6.07, 6.45) is -2.72. The number of fused-ring (bicyclic) bond motifs is 1. The first-order valence-electron chi connectivity index (χ1n) is 14.8. The number of carbonyl (C=O) groups is 5. The largest absolute Gasteiger partial charge is 0.426 e. The lowest BCUT2D eigenvalue weighted by atomic mass is 9.92. The molecule has 1 fully saturated rings. The van der Waals surface area contributed by atoms with Crippen LogP contribution >= 0.6 is 34.9 Å². The van der Waals surface area contributed by atoms with Crippen LogP contribution in [0.1, 0.15) is 46.4 Å². The number of rotatable bonds is 13. The molecule has 1 saturated heterocycles. The number of thioether (sulfide) groups is 2. The van der Waals surface area contributed by atoms with Gasteiger partial charge in [-0.2, -0.15) is 0 Å². The van der Waals surface area contributed by atoms with Gasteiger partial charge >= 0.3 is 11.9 Å². The van der Waals surface area contributed by atoms with Gasteiger partial charge in [0, 0.05) is 36.5 Å². The van der Waals surface area contributed by atoms with Crippen molar-refractivity contribution in [2.24, 2.45) is 5.73 Å². The van der Waals surface area contributed by atoms with Crippen molar-refractivity contribution < 1.29 is 38.6 Å². The van der Waals surface area contributed by atoms with Crippen molar-refractivity contribution >= 4 is 64.4 Å². The average molecular weight is 712 g/mol. The number of amides is 2. The molecule has 3 aromatic rings. The Morgan fingerprint density at radius 3 is 2.50 bits per heavy atom. The summed E-state index contributed by atoms with van der Waals surface area (Å²) in [4.78, 5) is 66.2. The standard InChI is InChI=1S/C32H33N5O8S3/c1-16-35-36-32(48-16)47-15-20-14-46-30-24(29(42)37(30)25(20)31(43)45-18(3)44-17(2)38)34-28(41)27(40)22-12-8-7-11-21(22)26(39)23(33)13-19-9-5-4-6-10-19/h4-12,18,23-24,27,30,40H,13-15,33H2,1-3H3,(H,34,41)/t18?,23-,24?,27?,30-/m0/s1. The number of hydrogen-bond acceptors (Lipinski definition) is 14. The van der Waals surface area contributed by atoms with Crippen molar-refractivity contribution in [1.29, 1.82) is 0 Å². The third-order valence-corrected chi connectivity index (χ3v) is 10.8. The summed E-state index contributed by atoms with van der Waals surface area (Å²) in [6.45, 7) is 4.38. The van der Waals surface area contributed by atoms with Crippen LogP contribution in [-0.2, 0) is 35.1 Å². The number of nitrogens with zero attached hydrogens (tertiary/aromatic N) is 3. The molecule has 48 heavy (non-hydrogen) atoms. The SMILES string of the molecule is CC(=O)OC(C)OC(=O)C1=C(CSc2nnc(C)s2)CS[C@H]2C(NC(=O)C(O)c3ccccc3C(=O)[C@@H](N)Cc3ccccc3)C(=O)N12. The molecule has 3 unspecified atom stereocenters. The number of carbonyl (C=O) groups excluding carboxylic acids is 5. The number of Topliss-reactive ketones (excluding diaryl/α,β-unsaturated/α-hetero) is 1. The summed E-state index contributed by atoms with van der Waals surface area (Å²) in [6, 6.07) is 13.4. The summed E-state index contributed by atoms with van der Waals surface area (Å²) in [5.74, 6) is -2.82. The third kappa shape index (κ3) is 7.95. The number of aromatic nitrogens is 2. The molecule has 2 amide bonds. The topological polar surface area (TPSA) is 191 Å². The first-order valence-corrected chi connectivity index (χ1v) is 17.7. The zero-order valence-electron chi connectivity index (χ0n) is 26.2. The highest BCUT2D eigenvalue weighted by Gasteiger charge is 2.55. The van der Waals surface area contributed by atoms with E-state index in [4.69, 9.17) is 15.2 Å². The lowest BCUT2D eigenvalue weighted by Crippen LogP contribution is -2.71. The Kier molecular flexibility index (Phi) is 11.3. The summed E-state index contributed by atoms with van der Waals surface area (Å²) < 4.78 is 11.0. The molecule has 0 radical (unpaired) electrons. The molecule has 0 spiro atoms. The fourth-order valence-electron chi connectivity index (χ4n) is 5.23. The highest BCUT2D eigenvalue weighted by molar-refractivity contribution is 8.01. The van der Waals surface area contributed by atoms with Gasteiger partial charge in [0.2, 0.25) is 6.29 Å². The highest BCUT2D eigenvalue weighted by atomic mass is 32.2. The molecule has 2 aliphatic rings. The van der Waals surface area contributed by atoms with Crippen molar-refractivity contribution in [2.45, 2.75) is 61.4 Å². The van der Waals surface area contributed by atoms with Gasteiger partial charge in [-0.1, -0.05) is 77.7 Å². The van der Waals surface area contributed by atoms with Gasteiger partial charge in [-0.25, -0.2) is 4.79 Å². The van der Waals surface area contributed by atoms with E-state index in [9.17, 15) is 29.1 Å². The Morgan fingerprint density at radius 2 is 1.81 bits per heavy atom. The first kappa shape index (κ1) is 35.2. The molecule has 4 N–H and O–H groups in total. The van der Waals surface area contributed by atoms with E-state index < -0.39 is 59.4 Å². The molecule has 2 aromatic carbocycles. The van der Waals surface area contributed by atoms with Crippen LogP contribution in [0.5, 0.6) is 0 Å². The minimum absolute atomic E-state index is 0.00844. The number of esters is 2. The van der Waals surface area contributed by atoms with Gasteiger partial charge in [0.15, 0.2) is 16.2 Å². The zero-order valence-corrected chi connectivity index (χ0v) is 28.6. The predicted molar refractivity (Wildman–Crippen MR) is 179 cm³/mol. The van der Waals surface area contributed by atoms with Crippen LogP contribution < -0.4 is 11.1 Å². The summed E-state index contributed by atoms with van der Waals surface area (Å²) >= 11 is 4.07. The smallest absolute Gasteiger partial charge is 0.358 e. The van der Waals surface area contributed by atoms with Crippen molar-refractivity contribution in [1.82, 2.24) is 20.4 Å². The second kappa shape index (κ2) is 15.4. The van der Waals surface area contributed by atoms with E-state index in [1.807, 2.05) is 37.3 Å². The Hall–Kier alpha value is -4.09. The molecule has 252 valence electrons. The molecule has 1 aromatic heterocycles. The zero-order chi connectivity index (χ0) is 34.5. The van der Waals surface area contributed by atoms with E-state index in [-0.39, 0.29) is 23.2 Å². The lowest BCUT2D eigenvalue weighted by Gasteiger charge is -2.50. The van der Waals surface area contributed by atoms with E-state index in [2.05, 4.69) is 15.5 Å². The number of aliphatic hydroxyl groups excluding tert-OH is 1. The number of ether oxygens (including phenoxy) is 2. The molecule has 13 nitrogen and oxygen atoms in total. The van der Waals surface area contributed by atoms with Crippen LogP contribution in [0.2, 0.25) is 0 Å². The monoisotopic (exact) mass is 711 g/mol. The second-order valence-corrected chi connectivity index (χ2v) is 14.5. The van der Waals surface area contributed by atoms with Gasteiger partial charge in [0.25, 0.3) is 11.8 Å². The van der Waals surface area contributed by atoms with E-state index in [0.29, 0.717) is 21.4 Å². The van der Waals surface area contributed by atoms with E-state index in [1.165, 1.54) is 65.7 Å². The number of ketones is 1. The van der Waals surface area contributed by atoms with Crippen LogP contribution in [0.3, 0.4) is 0 Å². The highest BCUT2D eigenvalue weighted by Crippen LogP contribution is 2.42. The molecule has 5 atom stereocenters. The molecule has 2 aliphatic heterocycles. The number of nitrogens with one attached hydrogen (secondary N) is 1. The van der Waals surface area contributed by atoms with Crippen LogP contribution in [0.15, 0.2) is 70.2 Å². The molecule has 16 heteroatoms. The van der Waals surface area contributed by atoms with Crippen LogP contribution in [0.25, 0.3) is 0 Å². The van der Waals surface area contributed by atoms with Gasteiger partial charge < -0.3 is 25.6 Å². The summed E-state index contributed by atoms with van der Waals surface area (Å²) in [7, 11) is 0. The number of hydrogen-bond donors (Lipinski definition) is 3. The molecular weight excluding hydrogens is 679 g/mol. The molecule has 0 saturated carbocycles. The number of aryl methyl sites for hydroxylation is 1. The van der Waals surface area contributed by atoms with E-state index >= 15 is 0 Å². The Labute approximate surface area is 288 Å². The van der Waals surface area contributed by atoms with Crippen molar-refractivity contribution in [3.05, 3.63) is 87.6 Å². The number of aliphatic hydroxyl groups is 1. The Bertz CT molecular complexity index is 1750. The Morgan fingerprint density at radius 1 is 1.10 bits per heavy atom. The van der Waals surface area contributed by atoms with Crippen molar-refractivity contribution in [3.63, 3.8) is 0 Å². The van der Waals surface area contributed by atoms with Crippen LogP contribution in [-0.4, -0.2) is 85.0 Å². The predicted octanol–water partition coefficient (Wildman–Crippen LogP) is 2.53. The van der Waals surface area contributed by atoms with Crippen molar-refractivity contribution in [2.75, 3.05) is 11.5 Å². The fraction of sp³-hybridized carbons (Fsp3) is 0.344. The van der Waals surface area contributed by atoms with Crippen LogP contribution in [0, 0.1) is 6.92 Å². The second-order valence-electron chi connectivity index (χ2n) is 11.0. The molecule has 0 aliphatic carbocycles. The van der Waals surface area contributed by atoms with Gasteiger partial charge in [-0.15, -0.1) is 22.0 Å². The molecule has 0 bridgehead atoms. The summed E-state index contributed by atoms with van der Waals surface area (Å²) in [5.41, 5.74) is 7.82. The first-order chi connectivity index (χ1) is 22.9. The maximum atomic E-state index is 13.5. The van der Waals surface area contributed by atoms with Gasteiger partial charge in [0.05, 0.1) is 6.04 Å². The minimum atomic E-state index is -1.78. The van der Waals surface area contributed by atoms with Crippen molar-refractivity contribution in [3.8, 4) is 0 Å². The maximum absolute atomic E-state index is 13.5. The number of β-lactam (4-membered cyclic amide) rings is 1. The Balaban J connectivity index is 1.30. The molecule has 5 rings (SSSR count). The minimum Gasteiger partial charge on any atom is -0.426 e. The normalized spacial score (nSPS) is 19.0. The van der Waals surface area contributed by atoms with Gasteiger partial charge in [-0.3, -0.25) is 24.1 Å². The maximum Gasteiger partial charge on any atom is 0.358 e. The van der Waals surface area contributed by atoms with E-state index in [1.54, 1.807) is 12.1 Å². The quantitative estimate of drug-likeness (QED) is 0.0772. The molecule has 3 heterocycles. The molecular formula is C32H33N5O8S3. The fourth-order valence-corrected chi connectivity index (χ4v) is 8.53. The van der Waals surface area contributed by atoms with E-state index in [0.717, 1.165) is 10.6 Å².